The molecule has 1 aliphatic carbocycles. The van der Waals surface area contributed by atoms with Crippen molar-refractivity contribution in [3.8, 4) is 11.4 Å². The first-order valence-corrected chi connectivity index (χ1v) is 11.4. The number of anilines is 1. The minimum Gasteiger partial charge on any atom is -0.356 e. The van der Waals surface area contributed by atoms with Crippen molar-refractivity contribution in [3.05, 3.63) is 41.6 Å². The van der Waals surface area contributed by atoms with Gasteiger partial charge in [-0.15, -0.1) is 0 Å². The Hall–Kier alpha value is -2.16. The van der Waals surface area contributed by atoms with Crippen LogP contribution in [-0.4, -0.2) is 48.3 Å². The summed E-state index contributed by atoms with van der Waals surface area (Å²) in [7, 11) is -1.18. The summed E-state index contributed by atoms with van der Waals surface area (Å²) in [5, 5.41) is 0.558. The predicted octanol–water partition coefficient (Wildman–Crippen LogP) is 2.27. The zero-order chi connectivity index (χ0) is 19.6. The molecular weight excluding hydrogens is 398 g/mol. The maximum Gasteiger partial charge on any atom is 0.208 e. The minimum atomic E-state index is -3.16. The van der Waals surface area contributed by atoms with Crippen LogP contribution in [0.5, 0.6) is 0 Å². The zero-order valence-electron chi connectivity index (χ0n) is 15.5. The number of hydrogen-bond acceptors (Lipinski definition) is 5. The molecule has 1 aliphatic heterocycles. The molecule has 1 unspecified atom stereocenters. The number of rotatable bonds is 4. The molecule has 0 bridgehead atoms. The number of pyridine rings is 1. The Morgan fingerprint density at radius 1 is 1.21 bits per heavy atom. The molecule has 3 atom stereocenters. The summed E-state index contributed by atoms with van der Waals surface area (Å²) in [6.07, 6.45) is 2.88. The summed E-state index contributed by atoms with van der Waals surface area (Å²) in [4.78, 5) is 11.4. The van der Waals surface area contributed by atoms with Crippen molar-refractivity contribution < 1.29 is 8.42 Å². The highest BCUT2D eigenvalue weighted by atomic mass is 35.5. The number of halogens is 1. The van der Waals surface area contributed by atoms with E-state index in [0.29, 0.717) is 16.9 Å². The van der Waals surface area contributed by atoms with Gasteiger partial charge in [0.15, 0.2) is 0 Å². The fourth-order valence-electron chi connectivity index (χ4n) is 4.29. The molecule has 1 aromatic carbocycles. The lowest BCUT2D eigenvalue weighted by atomic mass is 10.2. The summed E-state index contributed by atoms with van der Waals surface area (Å²) in [5.74, 6) is 2.32. The van der Waals surface area contributed by atoms with Gasteiger partial charge in [-0.05, 0) is 30.0 Å². The highest BCUT2D eigenvalue weighted by Crippen LogP contribution is 2.47. The van der Waals surface area contributed by atoms with E-state index in [1.807, 2.05) is 41.9 Å². The number of para-hydroxylation sites is 2. The third-order valence-electron chi connectivity index (χ3n) is 5.74. The molecular formula is C19H20ClN5O2S. The lowest BCUT2D eigenvalue weighted by molar-refractivity contribution is 0.576. The molecule has 9 heteroatoms. The SMILES string of the molecule is Cn1c(-c2cc(N3C[C@@H]4C(NS(C)(=O)=O)[C@@H]4C3)ncc2Cl)nc2ccccc21. The van der Waals surface area contributed by atoms with Crippen molar-refractivity contribution in [1.29, 1.82) is 0 Å². The molecule has 0 amide bonds. The second-order valence-electron chi connectivity index (χ2n) is 7.65. The van der Waals surface area contributed by atoms with Gasteiger partial charge in [0.25, 0.3) is 0 Å². The molecule has 2 fully saturated rings. The van der Waals surface area contributed by atoms with E-state index in [-0.39, 0.29) is 6.04 Å². The van der Waals surface area contributed by atoms with Crippen LogP contribution in [0.25, 0.3) is 22.4 Å². The number of piperidine rings is 1. The first kappa shape index (κ1) is 17.9. The fraction of sp³-hybridized carbons (Fsp3) is 0.368. The Bertz CT molecular complexity index is 1180. The molecule has 7 nitrogen and oxygen atoms in total. The Balaban J connectivity index is 1.43. The van der Waals surface area contributed by atoms with Gasteiger partial charge in [-0.1, -0.05) is 23.7 Å². The van der Waals surface area contributed by atoms with Crippen LogP contribution in [0.3, 0.4) is 0 Å². The maximum atomic E-state index is 11.4. The number of sulfonamides is 1. The summed E-state index contributed by atoms with van der Waals surface area (Å²) >= 11 is 6.46. The van der Waals surface area contributed by atoms with E-state index in [1.54, 1.807) is 6.20 Å². The van der Waals surface area contributed by atoms with E-state index in [0.717, 1.165) is 41.3 Å². The molecule has 5 rings (SSSR count). The van der Waals surface area contributed by atoms with Gasteiger partial charge in [-0.2, -0.15) is 0 Å². The van der Waals surface area contributed by atoms with Crippen LogP contribution < -0.4 is 9.62 Å². The standard InChI is InChI=1S/C19H20ClN5O2S/c1-24-16-6-4-3-5-15(16)22-19(24)11-7-17(21-8-14(11)20)25-9-12-13(10-25)18(12)23-28(2,26)27/h3-8,12-13,18,23H,9-10H2,1-2H3/t12-,13+,18?. The monoisotopic (exact) mass is 417 g/mol. The molecule has 0 spiro atoms. The number of nitrogens with one attached hydrogen (secondary N) is 1. The summed E-state index contributed by atoms with van der Waals surface area (Å²) < 4.78 is 27.7. The Kier molecular flexibility index (Phi) is 3.94. The number of nitrogens with zero attached hydrogens (tertiary/aromatic N) is 4. The summed E-state index contributed by atoms with van der Waals surface area (Å²) in [5.41, 5.74) is 2.81. The van der Waals surface area contributed by atoms with E-state index in [4.69, 9.17) is 16.6 Å². The molecule has 146 valence electrons. The van der Waals surface area contributed by atoms with Crippen LogP contribution in [0.4, 0.5) is 5.82 Å². The molecule has 3 aromatic rings. The van der Waals surface area contributed by atoms with Gasteiger partial charge >= 0.3 is 0 Å². The summed E-state index contributed by atoms with van der Waals surface area (Å²) in [6, 6.07) is 10.0. The number of hydrogen-bond donors (Lipinski definition) is 1. The Morgan fingerprint density at radius 2 is 1.93 bits per heavy atom. The van der Waals surface area contributed by atoms with Crippen LogP contribution in [0, 0.1) is 11.8 Å². The van der Waals surface area contributed by atoms with Gasteiger partial charge in [0.1, 0.15) is 11.6 Å². The molecule has 1 saturated carbocycles. The topological polar surface area (TPSA) is 80.1 Å². The molecule has 2 aliphatic rings. The van der Waals surface area contributed by atoms with Gasteiger partial charge in [-0.25, -0.2) is 23.1 Å². The fourth-order valence-corrected chi connectivity index (χ4v) is 5.33. The Labute approximate surface area is 168 Å². The summed E-state index contributed by atoms with van der Waals surface area (Å²) in [6.45, 7) is 1.57. The van der Waals surface area contributed by atoms with E-state index in [2.05, 4.69) is 14.6 Å². The van der Waals surface area contributed by atoms with Crippen molar-refractivity contribution in [3.63, 3.8) is 0 Å². The van der Waals surface area contributed by atoms with E-state index < -0.39 is 10.0 Å². The van der Waals surface area contributed by atoms with Gasteiger partial charge in [0.05, 0.1) is 22.3 Å². The number of aryl methyl sites for hydroxylation is 1. The number of aromatic nitrogens is 3. The van der Waals surface area contributed by atoms with E-state index in [9.17, 15) is 8.42 Å². The van der Waals surface area contributed by atoms with Gasteiger partial charge in [-0.3, -0.25) is 0 Å². The maximum absolute atomic E-state index is 11.4. The minimum absolute atomic E-state index is 0.0536. The second-order valence-corrected chi connectivity index (χ2v) is 9.84. The van der Waals surface area contributed by atoms with Gasteiger partial charge < -0.3 is 9.47 Å². The van der Waals surface area contributed by atoms with Gasteiger partial charge in [0.2, 0.25) is 10.0 Å². The largest absolute Gasteiger partial charge is 0.356 e. The lowest BCUT2D eigenvalue weighted by Gasteiger charge is -2.21. The zero-order valence-corrected chi connectivity index (χ0v) is 17.1. The molecule has 3 heterocycles. The molecule has 2 aromatic heterocycles. The highest BCUT2D eigenvalue weighted by Gasteiger charge is 2.57. The lowest BCUT2D eigenvalue weighted by Crippen LogP contribution is -2.34. The molecule has 28 heavy (non-hydrogen) atoms. The molecule has 1 saturated heterocycles. The average Bonchev–Trinajstić information content (AvgIpc) is 2.99. The van der Waals surface area contributed by atoms with Crippen LogP contribution >= 0.6 is 11.6 Å². The third-order valence-corrected chi connectivity index (χ3v) is 6.74. The van der Waals surface area contributed by atoms with Crippen molar-refractivity contribution in [1.82, 2.24) is 19.3 Å². The van der Waals surface area contributed by atoms with E-state index in [1.165, 1.54) is 6.26 Å². The molecule has 1 N–H and O–H groups in total. The normalized spacial score (nSPS) is 24.0. The first-order valence-electron chi connectivity index (χ1n) is 9.11. The number of benzene rings is 1. The average molecular weight is 418 g/mol. The quantitative estimate of drug-likeness (QED) is 0.704. The highest BCUT2D eigenvalue weighted by molar-refractivity contribution is 7.88. The van der Waals surface area contributed by atoms with Crippen molar-refractivity contribution in [2.24, 2.45) is 18.9 Å². The van der Waals surface area contributed by atoms with Gasteiger partial charge in [0, 0.05) is 37.9 Å². The predicted molar refractivity (Wildman–Crippen MR) is 110 cm³/mol. The van der Waals surface area contributed by atoms with Crippen LogP contribution in [0.2, 0.25) is 5.02 Å². The molecule has 0 radical (unpaired) electrons. The van der Waals surface area contributed by atoms with Crippen LogP contribution in [0.1, 0.15) is 0 Å². The van der Waals surface area contributed by atoms with Crippen LogP contribution in [-0.2, 0) is 17.1 Å². The first-order chi connectivity index (χ1) is 13.3. The van der Waals surface area contributed by atoms with Crippen molar-refractivity contribution >= 4 is 38.5 Å². The van der Waals surface area contributed by atoms with Crippen molar-refractivity contribution in [2.45, 2.75) is 6.04 Å². The third kappa shape index (κ3) is 2.96. The van der Waals surface area contributed by atoms with Crippen LogP contribution in [0.15, 0.2) is 36.5 Å². The van der Waals surface area contributed by atoms with Crippen molar-refractivity contribution in [2.75, 3.05) is 24.2 Å². The number of fused-ring (bicyclic) bond motifs is 2. The van der Waals surface area contributed by atoms with E-state index >= 15 is 0 Å². The second kappa shape index (κ2) is 6.17. The number of imidazole rings is 1. The Morgan fingerprint density at radius 3 is 2.61 bits per heavy atom. The smallest absolute Gasteiger partial charge is 0.208 e.